The number of sulfonamides is 1. The second kappa shape index (κ2) is 6.98. The Kier molecular flexibility index (Phi) is 5.61. The minimum atomic E-state index is -3.46. The van der Waals surface area contributed by atoms with Crippen molar-refractivity contribution >= 4 is 15.7 Å². The first kappa shape index (κ1) is 15.3. The molecule has 0 atom stereocenters. The number of nitrogens with two attached hydrogens (primary N) is 1. The maximum atomic E-state index is 11.7. The lowest BCUT2D eigenvalue weighted by molar-refractivity contribution is -0.384. The van der Waals surface area contributed by atoms with Crippen LogP contribution in [0.3, 0.4) is 0 Å². The molecule has 0 bridgehead atoms. The first-order valence-corrected chi connectivity index (χ1v) is 7.15. The first-order valence-electron chi connectivity index (χ1n) is 5.50. The third-order valence-electron chi connectivity index (χ3n) is 2.23. The normalized spacial score (nSPS) is 11.8. The van der Waals surface area contributed by atoms with E-state index in [-0.39, 0.29) is 18.0 Å². The summed E-state index contributed by atoms with van der Waals surface area (Å²) in [5.41, 5.74) is 5.64. The van der Waals surface area contributed by atoms with Gasteiger partial charge in [-0.3, -0.25) is 10.1 Å². The number of nitro benzene ring substituents is 1. The third kappa shape index (κ3) is 5.60. The Morgan fingerprint density at radius 2 is 1.89 bits per heavy atom. The van der Waals surface area contributed by atoms with Gasteiger partial charge in [0.2, 0.25) is 10.0 Å². The minimum Gasteiger partial charge on any atom is -0.327 e. The third-order valence-corrected chi connectivity index (χ3v) is 3.55. The zero-order valence-electron chi connectivity index (χ0n) is 10.2. The molecular weight excluding hydrogens is 270 g/mol. The van der Waals surface area contributed by atoms with Crippen LogP contribution in [0.25, 0.3) is 0 Å². The average Bonchev–Trinajstić information content (AvgIpc) is 2.35. The van der Waals surface area contributed by atoms with Crippen molar-refractivity contribution in [2.45, 2.75) is 5.75 Å². The second-order valence-corrected chi connectivity index (χ2v) is 5.55. The maximum Gasteiger partial charge on any atom is 0.269 e. The molecule has 104 valence electrons. The van der Waals surface area contributed by atoms with Gasteiger partial charge in [-0.15, -0.1) is 0 Å². The van der Waals surface area contributed by atoms with E-state index in [1.165, 1.54) is 24.3 Å². The van der Waals surface area contributed by atoms with Gasteiger partial charge in [0, 0.05) is 25.2 Å². The van der Waals surface area contributed by atoms with Crippen molar-refractivity contribution in [3.63, 3.8) is 0 Å². The molecule has 0 saturated heterocycles. The van der Waals surface area contributed by atoms with E-state index in [2.05, 4.69) is 4.72 Å². The highest BCUT2D eigenvalue weighted by Crippen LogP contribution is 2.13. The smallest absolute Gasteiger partial charge is 0.269 e. The number of rotatable bonds is 7. The van der Waals surface area contributed by atoms with Crippen molar-refractivity contribution in [3.05, 3.63) is 52.1 Å². The number of non-ortho nitro benzene ring substituents is 1. The van der Waals surface area contributed by atoms with Crippen LogP contribution in [-0.4, -0.2) is 26.4 Å². The molecule has 0 fully saturated rings. The molecule has 8 heteroatoms. The van der Waals surface area contributed by atoms with E-state index >= 15 is 0 Å². The zero-order chi connectivity index (χ0) is 14.3. The Morgan fingerprint density at radius 1 is 1.26 bits per heavy atom. The summed E-state index contributed by atoms with van der Waals surface area (Å²) in [7, 11) is -3.46. The summed E-state index contributed by atoms with van der Waals surface area (Å²) < 4.78 is 25.7. The lowest BCUT2D eigenvalue weighted by Gasteiger charge is -2.04. The van der Waals surface area contributed by atoms with Crippen molar-refractivity contribution in [3.8, 4) is 0 Å². The number of nitro groups is 1. The van der Waals surface area contributed by atoms with E-state index in [0.29, 0.717) is 12.1 Å². The molecule has 0 aliphatic rings. The van der Waals surface area contributed by atoms with Crippen LogP contribution in [0.15, 0.2) is 36.4 Å². The van der Waals surface area contributed by atoms with Crippen LogP contribution in [0.1, 0.15) is 5.56 Å². The van der Waals surface area contributed by atoms with Crippen LogP contribution in [0, 0.1) is 10.1 Å². The van der Waals surface area contributed by atoms with Gasteiger partial charge >= 0.3 is 0 Å². The Labute approximate surface area is 111 Å². The quantitative estimate of drug-likeness (QED) is 0.430. The van der Waals surface area contributed by atoms with Crippen LogP contribution in [0.5, 0.6) is 0 Å². The molecule has 0 saturated carbocycles. The fraction of sp³-hybridized carbons (Fsp3) is 0.273. The van der Waals surface area contributed by atoms with Gasteiger partial charge in [-0.2, -0.15) is 0 Å². The lowest BCUT2D eigenvalue weighted by atomic mass is 10.2. The van der Waals surface area contributed by atoms with Gasteiger partial charge in [-0.05, 0) is 5.56 Å². The summed E-state index contributed by atoms with van der Waals surface area (Å²) in [4.78, 5) is 9.92. The summed E-state index contributed by atoms with van der Waals surface area (Å²) in [6.45, 7) is 0.524. The predicted octanol–water partition coefficient (Wildman–Crippen LogP) is 0.529. The van der Waals surface area contributed by atoms with Crippen LogP contribution in [0.2, 0.25) is 0 Å². The van der Waals surface area contributed by atoms with E-state index < -0.39 is 14.9 Å². The number of benzene rings is 1. The van der Waals surface area contributed by atoms with E-state index in [4.69, 9.17) is 5.73 Å². The van der Waals surface area contributed by atoms with Crippen LogP contribution < -0.4 is 10.5 Å². The molecule has 1 rings (SSSR count). The monoisotopic (exact) mass is 285 g/mol. The van der Waals surface area contributed by atoms with Crippen LogP contribution in [0.4, 0.5) is 5.69 Å². The van der Waals surface area contributed by atoms with Crippen LogP contribution in [-0.2, 0) is 15.8 Å². The molecule has 0 radical (unpaired) electrons. The Morgan fingerprint density at radius 3 is 2.42 bits per heavy atom. The highest BCUT2D eigenvalue weighted by Gasteiger charge is 2.11. The topological polar surface area (TPSA) is 115 Å². The van der Waals surface area contributed by atoms with Gasteiger partial charge in [0.1, 0.15) is 0 Å². The van der Waals surface area contributed by atoms with Gasteiger partial charge < -0.3 is 5.73 Å². The standard InChI is InChI=1S/C11H15N3O4S/c12-7-1-2-8-13-19(17,18)9-10-3-5-11(6-4-10)14(15)16/h1-6,13H,7-9,12H2/b2-1+. The van der Waals surface area contributed by atoms with E-state index in [1.807, 2.05) is 0 Å². The van der Waals surface area contributed by atoms with E-state index in [0.717, 1.165) is 0 Å². The number of hydrogen-bond acceptors (Lipinski definition) is 5. The van der Waals surface area contributed by atoms with Crippen molar-refractivity contribution in [1.82, 2.24) is 4.72 Å². The molecule has 0 amide bonds. The molecule has 0 unspecified atom stereocenters. The summed E-state index contributed by atoms with van der Waals surface area (Å²) in [6.07, 6.45) is 3.27. The molecule has 19 heavy (non-hydrogen) atoms. The minimum absolute atomic E-state index is 0.0695. The van der Waals surface area contributed by atoms with Crippen molar-refractivity contribution < 1.29 is 13.3 Å². The fourth-order valence-corrected chi connectivity index (χ4v) is 2.42. The molecule has 1 aromatic rings. The molecule has 0 aliphatic heterocycles. The Bertz CT molecular complexity index is 552. The van der Waals surface area contributed by atoms with E-state index in [1.54, 1.807) is 12.2 Å². The zero-order valence-corrected chi connectivity index (χ0v) is 11.0. The van der Waals surface area contributed by atoms with Gasteiger partial charge in [0.15, 0.2) is 0 Å². The van der Waals surface area contributed by atoms with Crippen molar-refractivity contribution in [1.29, 1.82) is 0 Å². The molecule has 7 nitrogen and oxygen atoms in total. The molecular formula is C11H15N3O4S. The number of nitrogens with zero attached hydrogens (tertiary/aromatic N) is 1. The van der Waals surface area contributed by atoms with Gasteiger partial charge in [-0.25, -0.2) is 13.1 Å². The number of hydrogen-bond donors (Lipinski definition) is 2. The van der Waals surface area contributed by atoms with E-state index in [9.17, 15) is 18.5 Å². The predicted molar refractivity (Wildman–Crippen MR) is 71.9 cm³/mol. The maximum absolute atomic E-state index is 11.7. The molecule has 0 heterocycles. The highest BCUT2D eigenvalue weighted by molar-refractivity contribution is 7.88. The summed E-state index contributed by atoms with van der Waals surface area (Å²) in [6, 6.07) is 5.40. The van der Waals surface area contributed by atoms with Crippen molar-refractivity contribution in [2.75, 3.05) is 13.1 Å². The molecule has 0 spiro atoms. The van der Waals surface area contributed by atoms with Gasteiger partial charge in [0.05, 0.1) is 10.7 Å². The molecule has 0 aromatic heterocycles. The first-order chi connectivity index (χ1) is 8.94. The van der Waals surface area contributed by atoms with Crippen LogP contribution >= 0.6 is 0 Å². The van der Waals surface area contributed by atoms with Crippen molar-refractivity contribution in [2.24, 2.45) is 5.73 Å². The molecule has 3 N–H and O–H groups in total. The van der Waals surface area contributed by atoms with Gasteiger partial charge in [-0.1, -0.05) is 24.3 Å². The fourth-order valence-electron chi connectivity index (χ4n) is 1.34. The SMILES string of the molecule is NC/C=C/CNS(=O)(=O)Cc1ccc([N+](=O)[O-])cc1. The summed E-state index contributed by atoms with van der Waals surface area (Å²) >= 11 is 0. The second-order valence-electron chi connectivity index (χ2n) is 3.74. The lowest BCUT2D eigenvalue weighted by Crippen LogP contribution is -2.25. The largest absolute Gasteiger partial charge is 0.327 e. The highest BCUT2D eigenvalue weighted by atomic mass is 32.2. The molecule has 0 aliphatic carbocycles. The van der Waals surface area contributed by atoms with Gasteiger partial charge in [0.25, 0.3) is 5.69 Å². The summed E-state index contributed by atoms with van der Waals surface area (Å²) in [5.74, 6) is -0.221. The summed E-state index contributed by atoms with van der Waals surface area (Å²) in [5, 5.41) is 10.5. The Balaban J connectivity index is 2.62. The average molecular weight is 285 g/mol. The number of nitrogens with one attached hydrogen (secondary N) is 1. The molecule has 1 aromatic carbocycles. The Hall–Kier alpha value is -1.77.